The van der Waals surface area contributed by atoms with E-state index in [1.54, 1.807) is 11.3 Å². The maximum atomic E-state index is 4.30. The Hall–Kier alpha value is -1.19. The number of hydrogen-bond donors (Lipinski definition) is 1. The van der Waals surface area contributed by atoms with E-state index >= 15 is 0 Å². The SMILES string of the molecule is CNCCC=Cc1ccc2scnc2c1. The topological polar surface area (TPSA) is 24.9 Å². The molecule has 0 saturated heterocycles. The van der Waals surface area contributed by atoms with Crippen LogP contribution in [0.4, 0.5) is 0 Å². The molecule has 0 bridgehead atoms. The van der Waals surface area contributed by atoms with Gasteiger partial charge in [-0.05, 0) is 37.7 Å². The fourth-order valence-corrected chi connectivity index (χ4v) is 2.08. The van der Waals surface area contributed by atoms with Gasteiger partial charge in [-0.2, -0.15) is 0 Å². The Morgan fingerprint density at radius 3 is 3.27 bits per heavy atom. The summed E-state index contributed by atoms with van der Waals surface area (Å²) in [6.07, 6.45) is 5.39. The first kappa shape index (κ1) is 10.3. The minimum absolute atomic E-state index is 1.02. The highest BCUT2D eigenvalue weighted by Gasteiger charge is 1.95. The highest BCUT2D eigenvalue weighted by molar-refractivity contribution is 7.16. The van der Waals surface area contributed by atoms with Gasteiger partial charge in [0.05, 0.1) is 15.7 Å². The van der Waals surface area contributed by atoms with Gasteiger partial charge in [0.2, 0.25) is 0 Å². The molecule has 1 aromatic heterocycles. The van der Waals surface area contributed by atoms with Crippen LogP contribution in [0, 0.1) is 0 Å². The van der Waals surface area contributed by atoms with E-state index in [1.807, 2.05) is 12.6 Å². The van der Waals surface area contributed by atoms with E-state index in [-0.39, 0.29) is 0 Å². The summed E-state index contributed by atoms with van der Waals surface area (Å²) in [4.78, 5) is 4.30. The monoisotopic (exact) mass is 218 g/mol. The van der Waals surface area contributed by atoms with Crippen molar-refractivity contribution < 1.29 is 0 Å². The van der Waals surface area contributed by atoms with Crippen molar-refractivity contribution in [2.75, 3.05) is 13.6 Å². The van der Waals surface area contributed by atoms with Crippen molar-refractivity contribution in [3.63, 3.8) is 0 Å². The van der Waals surface area contributed by atoms with Crippen molar-refractivity contribution in [1.82, 2.24) is 10.3 Å². The predicted octanol–water partition coefficient (Wildman–Crippen LogP) is 2.92. The standard InChI is InChI=1S/C12H14N2S/c1-13-7-3-2-4-10-5-6-12-11(8-10)14-9-15-12/h2,4-6,8-9,13H,3,7H2,1H3. The molecule has 0 amide bonds. The summed E-state index contributed by atoms with van der Waals surface area (Å²) in [5, 5.41) is 3.12. The van der Waals surface area contributed by atoms with Gasteiger partial charge in [0.1, 0.15) is 0 Å². The Balaban J connectivity index is 2.10. The minimum atomic E-state index is 1.02. The lowest BCUT2D eigenvalue weighted by Crippen LogP contribution is -2.05. The molecule has 0 aliphatic carbocycles. The summed E-state index contributed by atoms with van der Waals surface area (Å²) in [5.41, 5.74) is 4.21. The highest BCUT2D eigenvalue weighted by Crippen LogP contribution is 2.19. The van der Waals surface area contributed by atoms with Crippen molar-refractivity contribution in [1.29, 1.82) is 0 Å². The lowest BCUT2D eigenvalue weighted by Gasteiger charge is -1.94. The van der Waals surface area contributed by atoms with Gasteiger partial charge in [0, 0.05) is 0 Å². The predicted molar refractivity (Wildman–Crippen MR) is 67.2 cm³/mol. The zero-order chi connectivity index (χ0) is 10.5. The normalized spacial score (nSPS) is 11.5. The summed E-state index contributed by atoms with van der Waals surface area (Å²) in [6.45, 7) is 1.02. The number of thiazole rings is 1. The molecular formula is C12H14N2S. The average Bonchev–Trinajstić information content (AvgIpc) is 2.71. The molecule has 2 aromatic rings. The second-order valence-electron chi connectivity index (χ2n) is 3.37. The number of fused-ring (bicyclic) bond motifs is 1. The van der Waals surface area contributed by atoms with Gasteiger partial charge in [0.25, 0.3) is 0 Å². The van der Waals surface area contributed by atoms with Crippen LogP contribution < -0.4 is 5.32 Å². The number of aromatic nitrogens is 1. The van der Waals surface area contributed by atoms with Crippen LogP contribution in [-0.4, -0.2) is 18.6 Å². The number of nitrogens with zero attached hydrogens (tertiary/aromatic N) is 1. The molecule has 1 N–H and O–H groups in total. The summed E-state index contributed by atoms with van der Waals surface area (Å²) >= 11 is 1.68. The van der Waals surface area contributed by atoms with E-state index in [0.29, 0.717) is 0 Å². The molecule has 0 saturated carbocycles. The van der Waals surface area contributed by atoms with Crippen molar-refractivity contribution in [2.45, 2.75) is 6.42 Å². The molecule has 15 heavy (non-hydrogen) atoms. The molecule has 0 fully saturated rings. The maximum Gasteiger partial charge on any atom is 0.0817 e. The summed E-state index contributed by atoms with van der Waals surface area (Å²) in [6, 6.07) is 6.39. The van der Waals surface area contributed by atoms with E-state index in [0.717, 1.165) is 18.5 Å². The van der Waals surface area contributed by atoms with Crippen LogP contribution in [0.15, 0.2) is 29.8 Å². The van der Waals surface area contributed by atoms with Crippen molar-refractivity contribution in [2.24, 2.45) is 0 Å². The first-order valence-corrected chi connectivity index (χ1v) is 5.92. The number of hydrogen-bond acceptors (Lipinski definition) is 3. The molecule has 2 nitrogen and oxygen atoms in total. The van der Waals surface area contributed by atoms with Gasteiger partial charge < -0.3 is 5.32 Å². The zero-order valence-corrected chi connectivity index (χ0v) is 9.55. The lowest BCUT2D eigenvalue weighted by molar-refractivity contribution is 0.809. The van der Waals surface area contributed by atoms with Crippen LogP contribution in [0.3, 0.4) is 0 Å². The van der Waals surface area contributed by atoms with Gasteiger partial charge >= 0.3 is 0 Å². The summed E-state index contributed by atoms with van der Waals surface area (Å²) in [5.74, 6) is 0. The van der Waals surface area contributed by atoms with E-state index in [9.17, 15) is 0 Å². The highest BCUT2D eigenvalue weighted by atomic mass is 32.1. The number of nitrogens with one attached hydrogen (secondary N) is 1. The lowest BCUT2D eigenvalue weighted by atomic mass is 10.2. The van der Waals surface area contributed by atoms with Crippen molar-refractivity contribution >= 4 is 27.6 Å². The Labute approximate surface area is 93.7 Å². The Bertz CT molecular complexity index is 459. The third-order valence-corrected chi connectivity index (χ3v) is 3.04. The number of rotatable bonds is 4. The molecule has 78 valence electrons. The molecular weight excluding hydrogens is 204 g/mol. The molecule has 1 heterocycles. The van der Waals surface area contributed by atoms with Crippen molar-refractivity contribution in [3.05, 3.63) is 35.3 Å². The van der Waals surface area contributed by atoms with Gasteiger partial charge in [0.15, 0.2) is 0 Å². The van der Waals surface area contributed by atoms with Crippen LogP contribution in [0.2, 0.25) is 0 Å². The van der Waals surface area contributed by atoms with E-state index in [2.05, 4.69) is 40.7 Å². The third-order valence-electron chi connectivity index (χ3n) is 2.23. The molecule has 2 rings (SSSR count). The van der Waals surface area contributed by atoms with Gasteiger partial charge in [-0.25, -0.2) is 4.98 Å². The first-order valence-electron chi connectivity index (χ1n) is 5.04. The first-order chi connectivity index (χ1) is 7.40. The molecule has 1 aromatic carbocycles. The van der Waals surface area contributed by atoms with Gasteiger partial charge in [-0.15, -0.1) is 11.3 Å². The van der Waals surface area contributed by atoms with Crippen molar-refractivity contribution in [3.8, 4) is 0 Å². The van der Waals surface area contributed by atoms with Gasteiger partial charge in [-0.3, -0.25) is 0 Å². The van der Waals surface area contributed by atoms with E-state index in [1.165, 1.54) is 10.3 Å². The van der Waals surface area contributed by atoms with Crippen LogP contribution in [0.1, 0.15) is 12.0 Å². The second kappa shape index (κ2) is 5.05. The molecule has 0 spiro atoms. The summed E-state index contributed by atoms with van der Waals surface area (Å²) < 4.78 is 1.25. The smallest absolute Gasteiger partial charge is 0.0817 e. The molecule has 0 aliphatic heterocycles. The molecule has 0 unspecified atom stereocenters. The van der Waals surface area contributed by atoms with Gasteiger partial charge in [-0.1, -0.05) is 18.2 Å². The molecule has 3 heteroatoms. The molecule has 0 atom stereocenters. The fourth-order valence-electron chi connectivity index (χ4n) is 1.43. The Kier molecular flexibility index (Phi) is 3.48. The van der Waals surface area contributed by atoms with E-state index < -0.39 is 0 Å². The van der Waals surface area contributed by atoms with Crippen LogP contribution in [-0.2, 0) is 0 Å². The zero-order valence-electron chi connectivity index (χ0n) is 8.73. The minimum Gasteiger partial charge on any atom is -0.319 e. The summed E-state index contributed by atoms with van der Waals surface area (Å²) in [7, 11) is 1.97. The quantitative estimate of drug-likeness (QED) is 0.798. The van der Waals surface area contributed by atoms with Crippen LogP contribution in [0.5, 0.6) is 0 Å². The number of benzene rings is 1. The fraction of sp³-hybridized carbons (Fsp3) is 0.250. The molecule has 0 aliphatic rings. The van der Waals surface area contributed by atoms with Crippen LogP contribution >= 0.6 is 11.3 Å². The average molecular weight is 218 g/mol. The third kappa shape index (κ3) is 2.64. The van der Waals surface area contributed by atoms with E-state index in [4.69, 9.17) is 0 Å². The largest absolute Gasteiger partial charge is 0.319 e. The maximum absolute atomic E-state index is 4.30. The Morgan fingerprint density at radius 1 is 1.47 bits per heavy atom. The second-order valence-corrected chi connectivity index (χ2v) is 4.26. The molecule has 0 radical (unpaired) electrons. The van der Waals surface area contributed by atoms with Crippen LogP contribution in [0.25, 0.3) is 16.3 Å². The Morgan fingerprint density at radius 2 is 2.40 bits per heavy atom.